The number of nitrogens with zero attached hydrogens (tertiary/aromatic N) is 3. The third-order valence-corrected chi connectivity index (χ3v) is 5.17. The summed E-state index contributed by atoms with van der Waals surface area (Å²) in [7, 11) is 1.99. The monoisotopic (exact) mass is 319 g/mol. The molecule has 0 spiro atoms. The van der Waals surface area contributed by atoms with E-state index in [0.717, 1.165) is 18.7 Å². The molecular weight excluding hydrogens is 286 g/mol. The molecule has 1 amide bonds. The lowest BCUT2D eigenvalue weighted by molar-refractivity contribution is -0.132. The van der Waals surface area contributed by atoms with Gasteiger partial charge in [0.05, 0.1) is 5.69 Å². The lowest BCUT2D eigenvalue weighted by Crippen LogP contribution is -2.38. The second-order valence-electron chi connectivity index (χ2n) is 7.52. The molecule has 0 N–H and O–H groups in total. The molecule has 4 heteroatoms. The van der Waals surface area contributed by atoms with E-state index in [1.165, 1.54) is 43.4 Å². The average Bonchev–Trinajstić information content (AvgIpc) is 2.78. The maximum absolute atomic E-state index is 12.5. The van der Waals surface area contributed by atoms with Crippen molar-refractivity contribution in [2.75, 3.05) is 7.05 Å². The maximum atomic E-state index is 12.5. The van der Waals surface area contributed by atoms with Crippen molar-refractivity contribution in [1.29, 1.82) is 0 Å². The average molecular weight is 319 g/mol. The van der Waals surface area contributed by atoms with Crippen LogP contribution < -0.4 is 0 Å². The fourth-order valence-corrected chi connectivity index (χ4v) is 3.70. The quantitative estimate of drug-likeness (QED) is 0.798. The van der Waals surface area contributed by atoms with Crippen molar-refractivity contribution in [2.24, 2.45) is 5.92 Å². The van der Waals surface area contributed by atoms with Crippen molar-refractivity contribution >= 4 is 5.91 Å². The molecule has 130 valence electrons. The molecule has 4 nitrogen and oxygen atoms in total. The second-order valence-corrected chi connectivity index (χ2v) is 7.52. The van der Waals surface area contributed by atoms with Crippen LogP contribution in [0.1, 0.15) is 69.3 Å². The minimum absolute atomic E-state index is 0.285. The zero-order valence-electron chi connectivity index (χ0n) is 15.6. The van der Waals surface area contributed by atoms with E-state index in [1.807, 2.05) is 11.9 Å². The zero-order valence-corrected chi connectivity index (χ0v) is 15.6. The molecular formula is C19H33N3O. The summed E-state index contributed by atoms with van der Waals surface area (Å²) < 4.78 is 2.10. The number of rotatable bonds is 6. The minimum atomic E-state index is 0.285. The summed E-state index contributed by atoms with van der Waals surface area (Å²) in [6, 6.07) is 0.460. The summed E-state index contributed by atoms with van der Waals surface area (Å²) in [6.07, 6.45) is 7.61. The smallest absolute Gasteiger partial charge is 0.222 e. The van der Waals surface area contributed by atoms with Gasteiger partial charge in [-0.3, -0.25) is 9.48 Å². The van der Waals surface area contributed by atoms with E-state index in [2.05, 4.69) is 37.5 Å². The summed E-state index contributed by atoms with van der Waals surface area (Å²) in [5, 5.41) is 4.65. The first kappa shape index (κ1) is 18.0. The first-order valence-corrected chi connectivity index (χ1v) is 9.18. The molecule has 0 saturated heterocycles. The normalized spacial score (nSPS) is 16.1. The molecule has 1 aliphatic rings. The van der Waals surface area contributed by atoms with Gasteiger partial charge < -0.3 is 4.90 Å². The first-order valence-electron chi connectivity index (χ1n) is 9.18. The molecule has 1 heterocycles. The molecule has 1 aromatic heterocycles. The third kappa shape index (κ3) is 4.58. The highest BCUT2D eigenvalue weighted by molar-refractivity contribution is 5.76. The van der Waals surface area contributed by atoms with Crippen LogP contribution in [0.4, 0.5) is 0 Å². The Labute approximate surface area is 141 Å². The first-order chi connectivity index (χ1) is 10.9. The molecule has 1 fully saturated rings. The molecule has 0 aromatic carbocycles. The van der Waals surface area contributed by atoms with Gasteiger partial charge in [0.25, 0.3) is 0 Å². The van der Waals surface area contributed by atoms with Gasteiger partial charge in [-0.05, 0) is 44.6 Å². The van der Waals surface area contributed by atoms with E-state index < -0.39 is 0 Å². The van der Waals surface area contributed by atoms with Crippen molar-refractivity contribution in [1.82, 2.24) is 14.7 Å². The Balaban J connectivity index is 1.94. The predicted molar refractivity (Wildman–Crippen MR) is 94.5 cm³/mol. The third-order valence-electron chi connectivity index (χ3n) is 5.17. The SMILES string of the molecule is Cc1nn(CC(C)C)c(C)c1CCC(=O)N(C)C1CCCCC1. The number of hydrogen-bond donors (Lipinski definition) is 0. The molecule has 1 saturated carbocycles. The highest BCUT2D eigenvalue weighted by Gasteiger charge is 2.22. The standard InChI is InChI=1S/C19H33N3O/c1-14(2)13-22-16(4)18(15(3)20-22)11-12-19(23)21(5)17-9-7-6-8-10-17/h14,17H,6-13H2,1-5H3. The Morgan fingerprint density at radius 3 is 2.52 bits per heavy atom. The van der Waals surface area contributed by atoms with Crippen LogP contribution in [0.25, 0.3) is 0 Å². The molecule has 0 bridgehead atoms. The van der Waals surface area contributed by atoms with Gasteiger partial charge in [-0.1, -0.05) is 33.1 Å². The molecule has 0 aliphatic heterocycles. The van der Waals surface area contributed by atoms with Gasteiger partial charge in [0.2, 0.25) is 5.91 Å². The van der Waals surface area contributed by atoms with Gasteiger partial charge in [-0.25, -0.2) is 0 Å². The van der Waals surface area contributed by atoms with Crippen LogP contribution >= 0.6 is 0 Å². The topological polar surface area (TPSA) is 38.1 Å². The Bertz CT molecular complexity index is 527. The Kier molecular flexibility index (Phi) is 6.25. The number of aromatic nitrogens is 2. The van der Waals surface area contributed by atoms with Gasteiger partial charge in [-0.2, -0.15) is 5.10 Å². The van der Waals surface area contributed by atoms with E-state index in [1.54, 1.807) is 0 Å². The molecule has 23 heavy (non-hydrogen) atoms. The van der Waals surface area contributed by atoms with Crippen LogP contribution in [0.2, 0.25) is 0 Å². The van der Waals surface area contributed by atoms with Gasteiger partial charge in [-0.15, -0.1) is 0 Å². The van der Waals surface area contributed by atoms with E-state index in [4.69, 9.17) is 0 Å². The predicted octanol–water partition coefficient (Wildman–Crippen LogP) is 3.88. The molecule has 1 aromatic rings. The van der Waals surface area contributed by atoms with Crippen LogP contribution in [0.15, 0.2) is 0 Å². The van der Waals surface area contributed by atoms with Crippen LogP contribution in [-0.2, 0) is 17.8 Å². The van der Waals surface area contributed by atoms with Crippen molar-refractivity contribution in [3.05, 3.63) is 17.0 Å². The van der Waals surface area contributed by atoms with Gasteiger partial charge >= 0.3 is 0 Å². The summed E-state index contributed by atoms with van der Waals surface area (Å²) in [6.45, 7) is 9.56. The Morgan fingerprint density at radius 2 is 1.91 bits per heavy atom. The van der Waals surface area contributed by atoms with E-state index in [0.29, 0.717) is 18.4 Å². The van der Waals surface area contributed by atoms with Crippen LogP contribution in [-0.4, -0.2) is 33.7 Å². The summed E-state index contributed by atoms with van der Waals surface area (Å²) in [5.74, 6) is 0.868. The molecule has 0 unspecified atom stereocenters. The minimum Gasteiger partial charge on any atom is -0.343 e. The fraction of sp³-hybridized carbons (Fsp3) is 0.789. The highest BCUT2D eigenvalue weighted by atomic mass is 16.2. The summed E-state index contributed by atoms with van der Waals surface area (Å²) >= 11 is 0. The zero-order chi connectivity index (χ0) is 17.0. The van der Waals surface area contributed by atoms with Crippen molar-refractivity contribution < 1.29 is 4.79 Å². The van der Waals surface area contributed by atoms with E-state index in [9.17, 15) is 4.79 Å². The largest absolute Gasteiger partial charge is 0.343 e. The van der Waals surface area contributed by atoms with Crippen LogP contribution in [0.3, 0.4) is 0 Å². The molecule has 0 radical (unpaired) electrons. The lowest BCUT2D eigenvalue weighted by Gasteiger charge is -2.31. The summed E-state index contributed by atoms with van der Waals surface area (Å²) in [4.78, 5) is 14.5. The van der Waals surface area contributed by atoms with Crippen LogP contribution in [0.5, 0.6) is 0 Å². The van der Waals surface area contributed by atoms with Crippen molar-refractivity contribution in [2.45, 2.75) is 85.2 Å². The van der Waals surface area contributed by atoms with E-state index >= 15 is 0 Å². The Hall–Kier alpha value is -1.32. The highest BCUT2D eigenvalue weighted by Crippen LogP contribution is 2.23. The number of amides is 1. The number of aryl methyl sites for hydroxylation is 1. The fourth-order valence-electron chi connectivity index (χ4n) is 3.70. The lowest BCUT2D eigenvalue weighted by atomic mass is 9.94. The number of carbonyl (C=O) groups excluding carboxylic acids is 1. The maximum Gasteiger partial charge on any atom is 0.222 e. The van der Waals surface area contributed by atoms with Crippen molar-refractivity contribution in [3.8, 4) is 0 Å². The van der Waals surface area contributed by atoms with Crippen LogP contribution in [0, 0.1) is 19.8 Å². The Morgan fingerprint density at radius 1 is 1.26 bits per heavy atom. The second kappa shape index (κ2) is 7.98. The van der Waals surface area contributed by atoms with Gasteiger partial charge in [0.1, 0.15) is 0 Å². The summed E-state index contributed by atoms with van der Waals surface area (Å²) in [5.41, 5.74) is 3.57. The van der Waals surface area contributed by atoms with Gasteiger partial charge in [0.15, 0.2) is 0 Å². The number of hydrogen-bond acceptors (Lipinski definition) is 2. The number of carbonyl (C=O) groups is 1. The molecule has 1 aliphatic carbocycles. The van der Waals surface area contributed by atoms with E-state index in [-0.39, 0.29) is 5.91 Å². The molecule has 2 rings (SSSR count). The van der Waals surface area contributed by atoms with Gasteiger partial charge in [0, 0.05) is 31.7 Å². The van der Waals surface area contributed by atoms with Crippen molar-refractivity contribution in [3.63, 3.8) is 0 Å². The molecule has 0 atom stereocenters.